The second-order valence-electron chi connectivity index (χ2n) is 6.67. The molecule has 0 saturated heterocycles. The standard InChI is InChI=1S/C17H24O3/c1-11-6-5-7-13(10-18)9-14-16(17(14,3)4)15(8-11)20-12(2)19/h6,9-10,14-16H,5,7-8H2,1-4H3. The number of rotatable bonds is 2. The number of hydrogen-bond acceptors (Lipinski definition) is 3. The fourth-order valence-electron chi connectivity index (χ4n) is 3.50. The molecule has 1 fully saturated rings. The van der Waals surface area contributed by atoms with E-state index in [1.165, 1.54) is 12.5 Å². The number of esters is 1. The monoisotopic (exact) mass is 276 g/mol. The fourth-order valence-corrected chi connectivity index (χ4v) is 3.50. The van der Waals surface area contributed by atoms with Crippen molar-refractivity contribution in [1.29, 1.82) is 0 Å². The van der Waals surface area contributed by atoms with Crippen molar-refractivity contribution < 1.29 is 14.3 Å². The lowest BCUT2D eigenvalue weighted by Crippen LogP contribution is -2.22. The van der Waals surface area contributed by atoms with Crippen LogP contribution in [0.4, 0.5) is 0 Å². The second kappa shape index (κ2) is 5.55. The molecule has 0 radical (unpaired) electrons. The van der Waals surface area contributed by atoms with Gasteiger partial charge < -0.3 is 4.74 Å². The summed E-state index contributed by atoms with van der Waals surface area (Å²) in [5, 5.41) is 0. The van der Waals surface area contributed by atoms with E-state index in [4.69, 9.17) is 4.74 Å². The highest BCUT2D eigenvalue weighted by Gasteiger charge is 2.60. The first kappa shape index (κ1) is 15.0. The summed E-state index contributed by atoms with van der Waals surface area (Å²) >= 11 is 0. The van der Waals surface area contributed by atoms with Crippen molar-refractivity contribution >= 4 is 12.3 Å². The maximum absolute atomic E-state index is 11.4. The Bertz CT molecular complexity index is 471. The minimum Gasteiger partial charge on any atom is -0.462 e. The van der Waals surface area contributed by atoms with Gasteiger partial charge in [0.2, 0.25) is 0 Å². The molecule has 0 aliphatic heterocycles. The number of ether oxygens (including phenoxy) is 1. The zero-order valence-corrected chi connectivity index (χ0v) is 12.8. The van der Waals surface area contributed by atoms with Gasteiger partial charge in [0.25, 0.3) is 0 Å². The molecule has 3 unspecified atom stereocenters. The van der Waals surface area contributed by atoms with Gasteiger partial charge in [-0.15, -0.1) is 0 Å². The van der Waals surface area contributed by atoms with E-state index >= 15 is 0 Å². The zero-order valence-electron chi connectivity index (χ0n) is 12.8. The number of allylic oxidation sites excluding steroid dienone is 3. The van der Waals surface area contributed by atoms with Crippen LogP contribution in [0.15, 0.2) is 23.3 Å². The van der Waals surface area contributed by atoms with Gasteiger partial charge in [0.05, 0.1) is 0 Å². The van der Waals surface area contributed by atoms with Gasteiger partial charge in [0.15, 0.2) is 0 Å². The van der Waals surface area contributed by atoms with E-state index in [0.29, 0.717) is 11.8 Å². The first-order valence-electron chi connectivity index (χ1n) is 7.35. The Balaban J connectivity index is 2.30. The Morgan fingerprint density at radius 1 is 1.45 bits per heavy atom. The van der Waals surface area contributed by atoms with Crippen molar-refractivity contribution in [3.05, 3.63) is 23.3 Å². The number of fused-ring (bicyclic) bond motifs is 1. The smallest absolute Gasteiger partial charge is 0.302 e. The van der Waals surface area contributed by atoms with Crippen LogP contribution >= 0.6 is 0 Å². The third-order valence-corrected chi connectivity index (χ3v) is 4.71. The first-order valence-corrected chi connectivity index (χ1v) is 7.35. The van der Waals surface area contributed by atoms with Gasteiger partial charge in [-0.2, -0.15) is 0 Å². The maximum atomic E-state index is 11.4. The average Bonchev–Trinajstić information content (AvgIpc) is 2.88. The Morgan fingerprint density at radius 2 is 2.15 bits per heavy atom. The third-order valence-electron chi connectivity index (χ3n) is 4.71. The molecule has 20 heavy (non-hydrogen) atoms. The number of hydrogen-bond donors (Lipinski definition) is 0. The van der Waals surface area contributed by atoms with Crippen LogP contribution in [0, 0.1) is 17.3 Å². The van der Waals surface area contributed by atoms with Crippen LogP contribution < -0.4 is 0 Å². The summed E-state index contributed by atoms with van der Waals surface area (Å²) in [6.07, 6.45) is 7.63. The Labute approximate surface area is 121 Å². The minimum atomic E-state index is -0.221. The lowest BCUT2D eigenvalue weighted by atomic mass is 9.98. The van der Waals surface area contributed by atoms with Gasteiger partial charge in [0, 0.05) is 19.3 Å². The highest BCUT2D eigenvalue weighted by atomic mass is 16.5. The number of aldehydes is 1. The van der Waals surface area contributed by atoms with Crippen molar-refractivity contribution in [3.8, 4) is 0 Å². The molecule has 3 atom stereocenters. The predicted octanol–water partition coefficient (Wildman–Crippen LogP) is 3.45. The van der Waals surface area contributed by atoms with Crippen molar-refractivity contribution in [2.24, 2.45) is 17.3 Å². The number of carbonyl (C=O) groups is 2. The van der Waals surface area contributed by atoms with Gasteiger partial charge in [-0.05, 0) is 36.7 Å². The Morgan fingerprint density at radius 3 is 2.75 bits per heavy atom. The molecule has 0 aromatic carbocycles. The molecule has 3 nitrogen and oxygen atoms in total. The lowest BCUT2D eigenvalue weighted by Gasteiger charge is -2.19. The summed E-state index contributed by atoms with van der Waals surface area (Å²) in [5.41, 5.74) is 2.21. The quantitative estimate of drug-likeness (QED) is 0.441. The summed E-state index contributed by atoms with van der Waals surface area (Å²) in [5.74, 6) is 0.418. The predicted molar refractivity (Wildman–Crippen MR) is 78.1 cm³/mol. The largest absolute Gasteiger partial charge is 0.462 e. The summed E-state index contributed by atoms with van der Waals surface area (Å²) < 4.78 is 5.55. The van der Waals surface area contributed by atoms with Crippen LogP contribution in [0.2, 0.25) is 0 Å². The van der Waals surface area contributed by atoms with Gasteiger partial charge in [-0.25, -0.2) is 0 Å². The summed E-state index contributed by atoms with van der Waals surface area (Å²) in [6.45, 7) is 7.92. The minimum absolute atomic E-state index is 0.0778. The van der Waals surface area contributed by atoms with Crippen molar-refractivity contribution in [2.75, 3.05) is 0 Å². The third kappa shape index (κ3) is 3.02. The summed E-state index contributed by atoms with van der Waals surface area (Å²) in [6, 6.07) is 0. The highest BCUT2D eigenvalue weighted by molar-refractivity contribution is 5.73. The average molecular weight is 276 g/mol. The van der Waals surface area contributed by atoms with Crippen LogP contribution in [-0.4, -0.2) is 18.4 Å². The van der Waals surface area contributed by atoms with Crippen LogP contribution in [0.5, 0.6) is 0 Å². The van der Waals surface area contributed by atoms with E-state index in [1.807, 2.05) is 0 Å². The molecule has 1 saturated carbocycles. The molecular weight excluding hydrogens is 252 g/mol. The molecular formula is C17H24O3. The lowest BCUT2D eigenvalue weighted by molar-refractivity contribution is -0.147. The molecule has 0 heterocycles. The maximum Gasteiger partial charge on any atom is 0.302 e. The van der Waals surface area contributed by atoms with Crippen LogP contribution in [0.3, 0.4) is 0 Å². The topological polar surface area (TPSA) is 43.4 Å². The van der Waals surface area contributed by atoms with Crippen LogP contribution in [-0.2, 0) is 14.3 Å². The van der Waals surface area contributed by atoms with E-state index < -0.39 is 0 Å². The number of carbonyl (C=O) groups excluding carboxylic acids is 2. The second-order valence-corrected chi connectivity index (χ2v) is 6.67. The molecule has 2 aliphatic rings. The molecule has 110 valence electrons. The van der Waals surface area contributed by atoms with Crippen LogP contribution in [0.25, 0.3) is 0 Å². The molecule has 0 spiro atoms. The van der Waals surface area contributed by atoms with E-state index in [0.717, 1.165) is 31.1 Å². The summed E-state index contributed by atoms with van der Waals surface area (Å²) in [7, 11) is 0. The molecule has 0 aromatic heterocycles. The highest BCUT2D eigenvalue weighted by Crippen LogP contribution is 2.62. The molecule has 0 amide bonds. The molecule has 3 heteroatoms. The zero-order chi connectivity index (χ0) is 14.9. The Kier molecular flexibility index (Phi) is 4.17. The van der Waals surface area contributed by atoms with Crippen molar-refractivity contribution in [3.63, 3.8) is 0 Å². The van der Waals surface area contributed by atoms with Gasteiger partial charge in [-0.3, -0.25) is 9.59 Å². The van der Waals surface area contributed by atoms with Crippen molar-refractivity contribution in [1.82, 2.24) is 0 Å². The van der Waals surface area contributed by atoms with Crippen LogP contribution in [0.1, 0.15) is 47.0 Å². The van der Waals surface area contributed by atoms with E-state index in [9.17, 15) is 9.59 Å². The van der Waals surface area contributed by atoms with E-state index in [-0.39, 0.29) is 17.5 Å². The normalized spacial score (nSPS) is 32.3. The van der Waals surface area contributed by atoms with Crippen molar-refractivity contribution in [2.45, 2.75) is 53.1 Å². The van der Waals surface area contributed by atoms with E-state index in [2.05, 4.69) is 32.9 Å². The van der Waals surface area contributed by atoms with Gasteiger partial charge >= 0.3 is 5.97 Å². The Hall–Kier alpha value is -1.38. The van der Waals surface area contributed by atoms with Gasteiger partial charge in [0.1, 0.15) is 12.4 Å². The fraction of sp³-hybridized carbons (Fsp3) is 0.647. The molecule has 0 bridgehead atoms. The first-order chi connectivity index (χ1) is 9.36. The SMILES string of the molecule is CC(=O)OC1CC(C)=CCCC(C=O)=CC2C1C2(C)C. The molecule has 2 rings (SSSR count). The molecule has 0 N–H and O–H groups in total. The molecule has 2 aliphatic carbocycles. The van der Waals surface area contributed by atoms with E-state index in [1.54, 1.807) is 0 Å². The summed E-state index contributed by atoms with van der Waals surface area (Å²) in [4.78, 5) is 22.5. The molecule has 0 aromatic rings. The van der Waals surface area contributed by atoms with Gasteiger partial charge in [-0.1, -0.05) is 31.6 Å².